The van der Waals surface area contributed by atoms with E-state index in [0.29, 0.717) is 11.4 Å². The number of hydrogen-bond donors (Lipinski definition) is 1. The number of carbonyl (C=O) groups is 1. The first-order chi connectivity index (χ1) is 6.68. The fourth-order valence-electron chi connectivity index (χ4n) is 1.03. The van der Waals surface area contributed by atoms with Crippen molar-refractivity contribution in [2.45, 2.75) is 6.92 Å². The Hall–Kier alpha value is -2.11. The lowest BCUT2D eigenvalue weighted by Crippen LogP contribution is -1.95. The lowest BCUT2D eigenvalue weighted by Gasteiger charge is -1.85. The van der Waals surface area contributed by atoms with Crippen molar-refractivity contribution in [2.24, 2.45) is 0 Å². The number of oxazole rings is 1. The van der Waals surface area contributed by atoms with Gasteiger partial charge in [-0.3, -0.25) is 0 Å². The molecule has 0 aliphatic heterocycles. The van der Waals surface area contributed by atoms with Gasteiger partial charge in [-0.05, 0) is 6.92 Å². The summed E-state index contributed by atoms with van der Waals surface area (Å²) in [6.07, 6.45) is 1.36. The van der Waals surface area contributed by atoms with Gasteiger partial charge < -0.3 is 14.0 Å². The summed E-state index contributed by atoms with van der Waals surface area (Å²) in [4.78, 5) is 14.5. The van der Waals surface area contributed by atoms with E-state index >= 15 is 0 Å². The molecule has 0 aliphatic carbocycles. The Labute approximate surface area is 78.2 Å². The molecular formula is C8H6N2O4. The highest BCUT2D eigenvalue weighted by Crippen LogP contribution is 2.19. The molecule has 2 heterocycles. The monoisotopic (exact) mass is 194 g/mol. The average molecular weight is 194 g/mol. The lowest BCUT2D eigenvalue weighted by molar-refractivity contribution is 0.0662. The zero-order chi connectivity index (χ0) is 10.1. The topological polar surface area (TPSA) is 89.4 Å². The standard InChI is InChI=1S/C8H6N2O4/c1-4-6(8(11)12)14-7(9-4)5-2-3-13-10-5/h2-3H,1H3,(H,11,12). The first-order valence-electron chi connectivity index (χ1n) is 3.80. The minimum Gasteiger partial charge on any atom is -0.475 e. The molecule has 0 amide bonds. The summed E-state index contributed by atoms with van der Waals surface area (Å²) in [5.74, 6) is -1.18. The molecule has 72 valence electrons. The maximum absolute atomic E-state index is 10.6. The molecule has 0 aliphatic rings. The quantitative estimate of drug-likeness (QED) is 0.775. The molecule has 0 fully saturated rings. The zero-order valence-electron chi connectivity index (χ0n) is 7.22. The van der Waals surface area contributed by atoms with Crippen LogP contribution in [0.25, 0.3) is 11.6 Å². The van der Waals surface area contributed by atoms with Crippen molar-refractivity contribution in [2.75, 3.05) is 0 Å². The van der Waals surface area contributed by atoms with Gasteiger partial charge in [-0.15, -0.1) is 0 Å². The third-order valence-corrected chi connectivity index (χ3v) is 1.65. The van der Waals surface area contributed by atoms with E-state index in [-0.39, 0.29) is 11.7 Å². The molecule has 6 nitrogen and oxygen atoms in total. The molecule has 0 spiro atoms. The van der Waals surface area contributed by atoms with Crippen molar-refractivity contribution < 1.29 is 18.8 Å². The normalized spacial score (nSPS) is 10.4. The van der Waals surface area contributed by atoms with Crippen molar-refractivity contribution >= 4 is 5.97 Å². The van der Waals surface area contributed by atoms with E-state index in [1.807, 2.05) is 0 Å². The molecule has 14 heavy (non-hydrogen) atoms. The number of carboxylic acids is 1. The van der Waals surface area contributed by atoms with Gasteiger partial charge in [0.2, 0.25) is 11.7 Å². The van der Waals surface area contributed by atoms with Crippen LogP contribution in [0.4, 0.5) is 0 Å². The van der Waals surface area contributed by atoms with Crippen LogP contribution in [0.1, 0.15) is 16.2 Å². The van der Waals surface area contributed by atoms with Gasteiger partial charge in [0.15, 0.2) is 5.69 Å². The van der Waals surface area contributed by atoms with E-state index in [2.05, 4.69) is 14.7 Å². The Morgan fingerprint density at radius 1 is 1.57 bits per heavy atom. The molecule has 6 heteroatoms. The fourth-order valence-corrected chi connectivity index (χ4v) is 1.03. The molecule has 2 aromatic heterocycles. The van der Waals surface area contributed by atoms with E-state index in [0.717, 1.165) is 0 Å². The van der Waals surface area contributed by atoms with Crippen molar-refractivity contribution in [3.8, 4) is 11.6 Å². The van der Waals surface area contributed by atoms with Crippen molar-refractivity contribution in [3.05, 3.63) is 23.8 Å². The van der Waals surface area contributed by atoms with Crippen molar-refractivity contribution in [1.29, 1.82) is 0 Å². The van der Waals surface area contributed by atoms with Gasteiger partial charge in [-0.1, -0.05) is 5.16 Å². The van der Waals surface area contributed by atoms with Crippen molar-refractivity contribution in [1.82, 2.24) is 10.1 Å². The Bertz CT molecular complexity index is 458. The maximum Gasteiger partial charge on any atom is 0.373 e. The highest BCUT2D eigenvalue weighted by Gasteiger charge is 2.18. The smallest absolute Gasteiger partial charge is 0.373 e. The van der Waals surface area contributed by atoms with E-state index in [9.17, 15) is 4.79 Å². The molecule has 0 radical (unpaired) electrons. The molecule has 0 bridgehead atoms. The number of nitrogens with zero attached hydrogens (tertiary/aromatic N) is 2. The number of carboxylic acid groups (broad SMARTS) is 1. The summed E-state index contributed by atoms with van der Waals surface area (Å²) >= 11 is 0. The number of aromatic nitrogens is 2. The van der Waals surface area contributed by atoms with E-state index in [1.165, 1.54) is 12.3 Å². The molecule has 0 saturated heterocycles. The minimum absolute atomic E-state index is 0.147. The third kappa shape index (κ3) is 1.26. The van der Waals surface area contributed by atoms with Crippen LogP contribution in [0.3, 0.4) is 0 Å². The Kier molecular flexibility index (Phi) is 1.81. The summed E-state index contributed by atoms with van der Waals surface area (Å²) in [7, 11) is 0. The minimum atomic E-state index is -1.15. The zero-order valence-corrected chi connectivity index (χ0v) is 7.22. The summed E-state index contributed by atoms with van der Waals surface area (Å²) in [6.45, 7) is 1.55. The van der Waals surface area contributed by atoms with Gasteiger partial charge >= 0.3 is 5.97 Å². The second-order valence-corrected chi connectivity index (χ2v) is 2.62. The Morgan fingerprint density at radius 2 is 2.36 bits per heavy atom. The predicted octanol–water partition coefficient (Wildman–Crippen LogP) is 1.34. The molecule has 2 aromatic rings. The molecular weight excluding hydrogens is 188 g/mol. The van der Waals surface area contributed by atoms with Crippen LogP contribution < -0.4 is 0 Å². The molecule has 0 aromatic carbocycles. The summed E-state index contributed by atoms with van der Waals surface area (Å²) in [5, 5.41) is 12.3. The number of hydrogen-bond acceptors (Lipinski definition) is 5. The average Bonchev–Trinajstić information content (AvgIpc) is 2.70. The second kappa shape index (κ2) is 2.99. The maximum atomic E-state index is 10.6. The first-order valence-corrected chi connectivity index (χ1v) is 3.80. The van der Waals surface area contributed by atoms with Crippen LogP contribution >= 0.6 is 0 Å². The highest BCUT2D eigenvalue weighted by molar-refractivity contribution is 5.85. The number of aromatic carboxylic acids is 1. The third-order valence-electron chi connectivity index (χ3n) is 1.65. The second-order valence-electron chi connectivity index (χ2n) is 2.62. The number of aryl methyl sites for hydroxylation is 1. The SMILES string of the molecule is Cc1nc(-c2ccon2)oc1C(=O)O. The largest absolute Gasteiger partial charge is 0.475 e. The van der Waals surface area contributed by atoms with Crippen LogP contribution in [0.5, 0.6) is 0 Å². The molecule has 0 unspecified atom stereocenters. The van der Waals surface area contributed by atoms with Crippen molar-refractivity contribution in [3.63, 3.8) is 0 Å². The highest BCUT2D eigenvalue weighted by atomic mass is 16.5. The van der Waals surface area contributed by atoms with Crippen LogP contribution in [0.15, 0.2) is 21.3 Å². The van der Waals surface area contributed by atoms with Gasteiger partial charge in [0, 0.05) is 6.07 Å². The van der Waals surface area contributed by atoms with Crippen LogP contribution in [-0.2, 0) is 0 Å². The van der Waals surface area contributed by atoms with Gasteiger partial charge in [0.1, 0.15) is 6.26 Å². The Morgan fingerprint density at radius 3 is 2.86 bits per heavy atom. The molecule has 1 N–H and O–H groups in total. The molecule has 0 saturated carbocycles. The number of rotatable bonds is 2. The molecule has 0 atom stereocenters. The summed E-state index contributed by atoms with van der Waals surface area (Å²) in [6, 6.07) is 1.54. The van der Waals surface area contributed by atoms with E-state index in [4.69, 9.17) is 9.52 Å². The summed E-state index contributed by atoms with van der Waals surface area (Å²) in [5.41, 5.74) is 0.691. The van der Waals surface area contributed by atoms with Crippen LogP contribution in [0.2, 0.25) is 0 Å². The van der Waals surface area contributed by atoms with E-state index < -0.39 is 5.97 Å². The first kappa shape index (κ1) is 8.49. The fraction of sp³-hybridized carbons (Fsp3) is 0.125. The van der Waals surface area contributed by atoms with E-state index in [1.54, 1.807) is 6.92 Å². The Balaban J connectivity index is 2.48. The van der Waals surface area contributed by atoms with Gasteiger partial charge in [0.05, 0.1) is 5.69 Å². The summed E-state index contributed by atoms with van der Waals surface area (Å²) < 4.78 is 9.57. The lowest BCUT2D eigenvalue weighted by atomic mass is 10.4. The van der Waals surface area contributed by atoms with Gasteiger partial charge in [0.25, 0.3) is 0 Å². The van der Waals surface area contributed by atoms with Gasteiger partial charge in [-0.2, -0.15) is 0 Å². The predicted molar refractivity (Wildman–Crippen MR) is 43.7 cm³/mol. The van der Waals surface area contributed by atoms with Crippen LogP contribution in [-0.4, -0.2) is 21.2 Å². The van der Waals surface area contributed by atoms with Crippen LogP contribution in [0, 0.1) is 6.92 Å². The molecule has 2 rings (SSSR count). The van der Waals surface area contributed by atoms with Gasteiger partial charge in [-0.25, -0.2) is 9.78 Å².